The highest BCUT2D eigenvalue weighted by Gasteiger charge is 2.13. The highest BCUT2D eigenvalue weighted by molar-refractivity contribution is 5.32. The van der Waals surface area contributed by atoms with E-state index in [1.165, 1.54) is 22.4 Å². The van der Waals surface area contributed by atoms with E-state index in [1.807, 2.05) is 0 Å². The topological polar surface area (TPSA) is 43.8 Å². The Balaban J connectivity index is 2.22. The van der Waals surface area contributed by atoms with Gasteiger partial charge in [-0.1, -0.05) is 37.6 Å². The average Bonchev–Trinajstić information content (AvgIpc) is 2.80. The minimum absolute atomic E-state index is 0.00879. The molecule has 1 heterocycles. The van der Waals surface area contributed by atoms with Crippen LogP contribution < -0.4 is 5.73 Å². The number of hydrogen-bond acceptors (Lipinski definition) is 2. The molecule has 0 aliphatic heterocycles. The first kappa shape index (κ1) is 14.8. The second-order valence-electron chi connectivity index (χ2n) is 5.48. The van der Waals surface area contributed by atoms with Crippen molar-refractivity contribution in [1.29, 1.82) is 0 Å². The number of rotatable bonds is 5. The number of nitrogens with two attached hydrogens (primary N) is 1. The Morgan fingerprint density at radius 2 is 1.90 bits per heavy atom. The van der Waals surface area contributed by atoms with Crippen molar-refractivity contribution < 1.29 is 0 Å². The summed E-state index contributed by atoms with van der Waals surface area (Å²) in [4.78, 5) is 0. The van der Waals surface area contributed by atoms with Crippen LogP contribution >= 0.6 is 0 Å². The molecule has 108 valence electrons. The lowest BCUT2D eigenvalue weighted by Crippen LogP contribution is -2.20. The second kappa shape index (κ2) is 6.23. The number of aryl methyl sites for hydroxylation is 4. The molecule has 3 heteroatoms. The summed E-state index contributed by atoms with van der Waals surface area (Å²) in [6.07, 6.45) is 1.96. The van der Waals surface area contributed by atoms with Crippen molar-refractivity contribution >= 4 is 0 Å². The summed E-state index contributed by atoms with van der Waals surface area (Å²) in [7, 11) is 0. The van der Waals surface area contributed by atoms with Gasteiger partial charge in [-0.05, 0) is 43.9 Å². The Morgan fingerprint density at radius 1 is 1.15 bits per heavy atom. The van der Waals surface area contributed by atoms with Crippen LogP contribution in [0, 0.1) is 13.8 Å². The summed E-state index contributed by atoms with van der Waals surface area (Å²) in [5.74, 6) is 0. The highest BCUT2D eigenvalue weighted by atomic mass is 15.3. The lowest BCUT2D eigenvalue weighted by atomic mass is 10.00. The number of nitrogens with zero attached hydrogens (tertiary/aromatic N) is 2. The number of benzene rings is 1. The van der Waals surface area contributed by atoms with Crippen LogP contribution in [-0.2, 0) is 19.4 Å². The van der Waals surface area contributed by atoms with E-state index < -0.39 is 0 Å². The van der Waals surface area contributed by atoms with Gasteiger partial charge in [0.25, 0.3) is 0 Å². The Labute approximate surface area is 121 Å². The van der Waals surface area contributed by atoms with Gasteiger partial charge in [0, 0.05) is 11.7 Å². The van der Waals surface area contributed by atoms with Gasteiger partial charge in [-0.3, -0.25) is 4.68 Å². The smallest absolute Gasteiger partial charge is 0.0624 e. The molecule has 0 aliphatic carbocycles. The van der Waals surface area contributed by atoms with Crippen LogP contribution in [0.1, 0.15) is 48.0 Å². The summed E-state index contributed by atoms with van der Waals surface area (Å²) >= 11 is 0. The monoisotopic (exact) mass is 271 g/mol. The van der Waals surface area contributed by atoms with Crippen molar-refractivity contribution in [1.82, 2.24) is 9.78 Å². The third-order valence-electron chi connectivity index (χ3n) is 3.83. The molecule has 3 nitrogen and oxygen atoms in total. The van der Waals surface area contributed by atoms with Gasteiger partial charge in [0.05, 0.1) is 12.2 Å². The Kier molecular flexibility index (Phi) is 4.61. The molecule has 0 bridgehead atoms. The first-order valence-corrected chi connectivity index (χ1v) is 7.43. The van der Waals surface area contributed by atoms with Gasteiger partial charge in [0.1, 0.15) is 0 Å². The van der Waals surface area contributed by atoms with Crippen molar-refractivity contribution in [3.8, 4) is 0 Å². The van der Waals surface area contributed by atoms with Crippen LogP contribution in [0.3, 0.4) is 0 Å². The maximum absolute atomic E-state index is 6.39. The van der Waals surface area contributed by atoms with Gasteiger partial charge in [-0.15, -0.1) is 0 Å². The van der Waals surface area contributed by atoms with Crippen LogP contribution in [0.4, 0.5) is 0 Å². The zero-order valence-corrected chi connectivity index (χ0v) is 13.0. The molecule has 0 saturated carbocycles. The molecule has 2 rings (SSSR count). The largest absolute Gasteiger partial charge is 0.322 e. The predicted octanol–water partition coefficient (Wildman–Crippen LogP) is 3.32. The Morgan fingerprint density at radius 3 is 2.50 bits per heavy atom. The molecular formula is C17H25N3. The molecule has 1 aromatic heterocycles. The van der Waals surface area contributed by atoms with Crippen molar-refractivity contribution in [3.05, 3.63) is 52.3 Å². The molecule has 1 aromatic carbocycles. The molecule has 0 spiro atoms. The van der Waals surface area contributed by atoms with E-state index in [0.29, 0.717) is 0 Å². The van der Waals surface area contributed by atoms with Crippen LogP contribution in [0.15, 0.2) is 24.3 Å². The number of hydrogen-bond donors (Lipinski definition) is 1. The molecular weight excluding hydrogens is 246 g/mol. The Hall–Kier alpha value is -1.61. The van der Waals surface area contributed by atoms with E-state index >= 15 is 0 Å². The first-order valence-electron chi connectivity index (χ1n) is 7.43. The molecule has 1 atom stereocenters. The standard InChI is InChI=1S/C17H25N3/c1-5-14-10-15(6-2)20(19-14)11-17(18)16-8-7-12(3)9-13(16)4/h7-10,17H,5-6,11,18H2,1-4H3. The van der Waals surface area contributed by atoms with Gasteiger partial charge < -0.3 is 5.73 Å². The van der Waals surface area contributed by atoms with E-state index in [1.54, 1.807) is 0 Å². The van der Waals surface area contributed by atoms with Crippen molar-refractivity contribution in [3.63, 3.8) is 0 Å². The SMILES string of the molecule is CCc1cc(CC)n(CC(N)c2ccc(C)cc2C)n1. The molecule has 2 N–H and O–H groups in total. The normalized spacial score (nSPS) is 12.7. The van der Waals surface area contributed by atoms with Crippen LogP contribution in [0.2, 0.25) is 0 Å². The number of aromatic nitrogens is 2. The van der Waals surface area contributed by atoms with Crippen molar-refractivity contribution in [2.75, 3.05) is 0 Å². The minimum atomic E-state index is -0.00879. The maximum atomic E-state index is 6.39. The average molecular weight is 271 g/mol. The lowest BCUT2D eigenvalue weighted by molar-refractivity contribution is 0.506. The maximum Gasteiger partial charge on any atom is 0.0624 e. The fourth-order valence-corrected chi connectivity index (χ4v) is 2.66. The molecule has 0 radical (unpaired) electrons. The summed E-state index contributed by atoms with van der Waals surface area (Å²) in [5.41, 5.74) is 12.6. The highest BCUT2D eigenvalue weighted by Crippen LogP contribution is 2.19. The van der Waals surface area contributed by atoms with Gasteiger partial charge in [0.15, 0.2) is 0 Å². The molecule has 0 amide bonds. The van der Waals surface area contributed by atoms with E-state index in [2.05, 4.69) is 61.7 Å². The summed E-state index contributed by atoms with van der Waals surface area (Å²) in [5, 5.41) is 4.65. The van der Waals surface area contributed by atoms with E-state index in [9.17, 15) is 0 Å². The third-order valence-corrected chi connectivity index (χ3v) is 3.83. The van der Waals surface area contributed by atoms with E-state index in [-0.39, 0.29) is 6.04 Å². The Bertz CT molecular complexity index is 584. The van der Waals surface area contributed by atoms with E-state index in [0.717, 1.165) is 25.1 Å². The zero-order chi connectivity index (χ0) is 14.7. The van der Waals surface area contributed by atoms with Gasteiger partial charge in [-0.2, -0.15) is 5.10 Å². The lowest BCUT2D eigenvalue weighted by Gasteiger charge is -2.17. The molecule has 0 aliphatic rings. The van der Waals surface area contributed by atoms with Crippen molar-refractivity contribution in [2.24, 2.45) is 5.73 Å². The third kappa shape index (κ3) is 3.10. The summed E-state index contributed by atoms with van der Waals surface area (Å²) in [6.45, 7) is 9.28. The van der Waals surface area contributed by atoms with Gasteiger partial charge in [0.2, 0.25) is 0 Å². The first-order chi connectivity index (χ1) is 9.55. The fourth-order valence-electron chi connectivity index (χ4n) is 2.66. The van der Waals surface area contributed by atoms with Crippen LogP contribution in [0.25, 0.3) is 0 Å². The zero-order valence-electron chi connectivity index (χ0n) is 13.0. The van der Waals surface area contributed by atoms with Gasteiger partial charge in [-0.25, -0.2) is 0 Å². The quantitative estimate of drug-likeness (QED) is 0.906. The second-order valence-corrected chi connectivity index (χ2v) is 5.48. The molecule has 2 aromatic rings. The molecule has 0 fully saturated rings. The molecule has 1 unspecified atom stereocenters. The molecule has 0 saturated heterocycles. The summed E-state index contributed by atoms with van der Waals surface area (Å²) in [6, 6.07) is 8.64. The summed E-state index contributed by atoms with van der Waals surface area (Å²) < 4.78 is 2.07. The van der Waals surface area contributed by atoms with E-state index in [4.69, 9.17) is 5.73 Å². The molecule has 20 heavy (non-hydrogen) atoms. The van der Waals surface area contributed by atoms with Gasteiger partial charge >= 0.3 is 0 Å². The van der Waals surface area contributed by atoms with Crippen molar-refractivity contribution in [2.45, 2.75) is 53.1 Å². The predicted molar refractivity (Wildman–Crippen MR) is 83.8 cm³/mol. The minimum Gasteiger partial charge on any atom is -0.322 e. The van der Waals surface area contributed by atoms with Crippen LogP contribution in [-0.4, -0.2) is 9.78 Å². The fraction of sp³-hybridized carbons (Fsp3) is 0.471. The van der Waals surface area contributed by atoms with Crippen LogP contribution in [0.5, 0.6) is 0 Å².